The third-order valence-corrected chi connectivity index (χ3v) is 5.67. The normalized spacial score (nSPS) is 41.6. The van der Waals surface area contributed by atoms with Crippen molar-refractivity contribution in [3.63, 3.8) is 0 Å². The average molecular weight is 281 g/mol. The van der Waals surface area contributed by atoms with Crippen LogP contribution in [0.25, 0.3) is 0 Å². The summed E-state index contributed by atoms with van der Waals surface area (Å²) in [5, 5.41) is 9.13. The van der Waals surface area contributed by atoms with Crippen LogP contribution in [0.5, 0.6) is 0 Å². The van der Waals surface area contributed by atoms with E-state index in [0.29, 0.717) is 18.5 Å². The lowest BCUT2D eigenvalue weighted by molar-refractivity contribution is -0.139. The van der Waals surface area contributed by atoms with E-state index in [1.54, 1.807) is 0 Å². The fourth-order valence-corrected chi connectivity index (χ4v) is 4.80. The average Bonchev–Trinajstić information content (AvgIpc) is 2.81. The van der Waals surface area contributed by atoms with E-state index in [9.17, 15) is 4.79 Å². The van der Waals surface area contributed by atoms with Crippen molar-refractivity contribution in [3.05, 3.63) is 0 Å². The maximum absolute atomic E-state index is 11.1. The summed E-state index contributed by atoms with van der Waals surface area (Å²) in [7, 11) is 0. The molecular weight excluding hydrogens is 254 g/mol. The number of carbonyl (C=O) groups is 1. The maximum atomic E-state index is 11.1. The van der Waals surface area contributed by atoms with Gasteiger partial charge in [0.2, 0.25) is 0 Å². The van der Waals surface area contributed by atoms with E-state index >= 15 is 0 Å². The first-order valence-corrected chi connectivity index (χ1v) is 8.08. The molecule has 4 heterocycles. The van der Waals surface area contributed by atoms with E-state index in [4.69, 9.17) is 10.8 Å². The molecule has 4 atom stereocenters. The Bertz CT molecular complexity index is 368. The van der Waals surface area contributed by atoms with Gasteiger partial charge in [-0.15, -0.1) is 0 Å². The van der Waals surface area contributed by atoms with Gasteiger partial charge in [0, 0.05) is 18.6 Å². The SMILES string of the molecule is CCCN1CC2C3CCN(CC3)C2C1CC(N)C(=O)O. The van der Waals surface area contributed by atoms with Gasteiger partial charge in [0.15, 0.2) is 0 Å². The fraction of sp³-hybridized carbons (Fsp3) is 0.933. The Kier molecular flexibility index (Phi) is 4.02. The van der Waals surface area contributed by atoms with E-state index in [0.717, 1.165) is 31.3 Å². The van der Waals surface area contributed by atoms with Crippen LogP contribution in [0.2, 0.25) is 0 Å². The number of fused-ring (bicyclic) bond motifs is 2. The number of nitrogens with two attached hydrogens (primary N) is 1. The minimum Gasteiger partial charge on any atom is -0.480 e. The van der Waals surface area contributed by atoms with Crippen molar-refractivity contribution in [2.24, 2.45) is 17.6 Å². The smallest absolute Gasteiger partial charge is 0.320 e. The second-order valence-electron chi connectivity index (χ2n) is 6.77. The summed E-state index contributed by atoms with van der Waals surface area (Å²) in [6, 6.07) is 0.174. The number of likely N-dealkylation sites (tertiary alicyclic amines) is 1. The Hall–Kier alpha value is -0.650. The van der Waals surface area contributed by atoms with Crippen molar-refractivity contribution >= 4 is 5.97 Å². The highest BCUT2D eigenvalue weighted by Crippen LogP contribution is 2.44. The Morgan fingerprint density at radius 1 is 1.40 bits per heavy atom. The molecule has 4 rings (SSSR count). The van der Waals surface area contributed by atoms with Gasteiger partial charge in [0.05, 0.1) is 0 Å². The van der Waals surface area contributed by atoms with Crippen LogP contribution in [0, 0.1) is 11.8 Å². The van der Waals surface area contributed by atoms with E-state index in [-0.39, 0.29) is 0 Å². The molecule has 5 heteroatoms. The van der Waals surface area contributed by atoms with Gasteiger partial charge < -0.3 is 10.8 Å². The Labute approximate surface area is 121 Å². The van der Waals surface area contributed by atoms with Crippen molar-refractivity contribution in [1.29, 1.82) is 0 Å². The maximum Gasteiger partial charge on any atom is 0.320 e. The molecule has 2 bridgehead atoms. The van der Waals surface area contributed by atoms with Gasteiger partial charge in [0.25, 0.3) is 0 Å². The number of carboxylic acids is 1. The Morgan fingerprint density at radius 3 is 2.70 bits per heavy atom. The van der Waals surface area contributed by atoms with Crippen molar-refractivity contribution in [1.82, 2.24) is 9.80 Å². The van der Waals surface area contributed by atoms with Crippen LogP contribution in [0.4, 0.5) is 0 Å². The van der Waals surface area contributed by atoms with E-state index < -0.39 is 12.0 Å². The van der Waals surface area contributed by atoms with Gasteiger partial charge >= 0.3 is 5.97 Å². The van der Waals surface area contributed by atoms with Crippen LogP contribution in [-0.4, -0.2) is 65.2 Å². The molecule has 4 saturated heterocycles. The standard InChI is InChI=1S/C15H27N3O2/c1-2-5-18-9-11-10-3-6-17(7-4-10)14(11)13(18)8-12(16)15(19)20/h10-14H,2-9,16H2,1H3,(H,19,20). The first-order valence-electron chi connectivity index (χ1n) is 8.08. The second kappa shape index (κ2) is 5.62. The molecule has 0 radical (unpaired) electrons. The van der Waals surface area contributed by atoms with Crippen molar-refractivity contribution in [2.45, 2.75) is 50.7 Å². The first-order chi connectivity index (χ1) is 9.61. The van der Waals surface area contributed by atoms with Crippen molar-refractivity contribution in [2.75, 3.05) is 26.2 Å². The predicted molar refractivity (Wildman–Crippen MR) is 77.5 cm³/mol. The van der Waals surface area contributed by atoms with Crippen LogP contribution in [-0.2, 0) is 4.79 Å². The molecule has 3 N–H and O–H groups in total. The molecule has 0 amide bonds. The molecule has 20 heavy (non-hydrogen) atoms. The molecule has 0 saturated carbocycles. The molecule has 4 aliphatic heterocycles. The summed E-state index contributed by atoms with van der Waals surface area (Å²) < 4.78 is 0. The van der Waals surface area contributed by atoms with Gasteiger partial charge in [-0.1, -0.05) is 6.92 Å². The molecule has 0 spiro atoms. The Balaban J connectivity index is 1.78. The summed E-state index contributed by atoms with van der Waals surface area (Å²) in [5.41, 5.74) is 5.83. The highest BCUT2D eigenvalue weighted by atomic mass is 16.4. The monoisotopic (exact) mass is 281 g/mol. The van der Waals surface area contributed by atoms with Crippen LogP contribution < -0.4 is 5.73 Å². The molecular formula is C15H27N3O2. The Morgan fingerprint density at radius 2 is 2.10 bits per heavy atom. The highest BCUT2D eigenvalue weighted by Gasteiger charge is 2.52. The number of rotatable bonds is 5. The van der Waals surface area contributed by atoms with Crippen molar-refractivity contribution in [3.8, 4) is 0 Å². The van der Waals surface area contributed by atoms with Gasteiger partial charge in [-0.3, -0.25) is 14.6 Å². The second-order valence-corrected chi connectivity index (χ2v) is 6.77. The highest BCUT2D eigenvalue weighted by molar-refractivity contribution is 5.73. The minimum absolute atomic E-state index is 0.342. The van der Waals surface area contributed by atoms with Crippen LogP contribution >= 0.6 is 0 Å². The van der Waals surface area contributed by atoms with Gasteiger partial charge in [-0.05, 0) is 57.2 Å². The van der Waals surface area contributed by atoms with Gasteiger partial charge in [0.1, 0.15) is 6.04 Å². The van der Waals surface area contributed by atoms with Crippen LogP contribution in [0.1, 0.15) is 32.6 Å². The minimum atomic E-state index is -0.860. The molecule has 0 aliphatic carbocycles. The zero-order valence-corrected chi connectivity index (χ0v) is 12.4. The lowest BCUT2D eigenvalue weighted by atomic mass is 9.73. The molecule has 5 nitrogen and oxygen atoms in total. The molecule has 0 aromatic rings. The summed E-state index contributed by atoms with van der Waals surface area (Å²) in [4.78, 5) is 16.2. The molecule has 4 fully saturated rings. The summed E-state index contributed by atoms with van der Waals surface area (Å²) in [5.74, 6) is 0.742. The third kappa shape index (κ3) is 2.36. The molecule has 4 aliphatic rings. The number of piperidine rings is 3. The van der Waals surface area contributed by atoms with Crippen molar-refractivity contribution < 1.29 is 9.90 Å². The summed E-state index contributed by atoms with van der Waals surface area (Å²) >= 11 is 0. The number of nitrogens with zero attached hydrogens (tertiary/aromatic N) is 2. The summed E-state index contributed by atoms with van der Waals surface area (Å²) in [6.45, 7) is 6.82. The number of aliphatic carboxylic acids is 1. The van der Waals surface area contributed by atoms with Gasteiger partial charge in [-0.2, -0.15) is 0 Å². The van der Waals surface area contributed by atoms with Crippen LogP contribution in [0.3, 0.4) is 0 Å². The molecule has 4 unspecified atom stereocenters. The summed E-state index contributed by atoms with van der Waals surface area (Å²) in [6.07, 6.45) is 4.39. The number of hydrogen-bond acceptors (Lipinski definition) is 4. The largest absolute Gasteiger partial charge is 0.480 e. The third-order valence-electron chi connectivity index (χ3n) is 5.67. The first kappa shape index (κ1) is 14.3. The number of hydrogen-bond donors (Lipinski definition) is 2. The number of carboxylic acid groups (broad SMARTS) is 1. The topological polar surface area (TPSA) is 69.8 Å². The molecule has 0 aromatic heterocycles. The van der Waals surface area contributed by atoms with E-state index in [2.05, 4.69) is 16.7 Å². The predicted octanol–water partition coefficient (Wildman–Crippen LogP) is 0.593. The lowest BCUT2D eigenvalue weighted by Crippen LogP contribution is -2.58. The zero-order chi connectivity index (χ0) is 14.3. The fourth-order valence-electron chi connectivity index (χ4n) is 4.80. The quantitative estimate of drug-likeness (QED) is 0.772. The van der Waals surface area contributed by atoms with E-state index in [1.807, 2.05) is 0 Å². The van der Waals surface area contributed by atoms with E-state index in [1.165, 1.54) is 25.9 Å². The van der Waals surface area contributed by atoms with Gasteiger partial charge in [-0.25, -0.2) is 0 Å². The molecule has 114 valence electrons. The van der Waals surface area contributed by atoms with Crippen LogP contribution in [0.15, 0.2) is 0 Å². The lowest BCUT2D eigenvalue weighted by Gasteiger charge is -2.49. The molecule has 0 aromatic carbocycles. The zero-order valence-electron chi connectivity index (χ0n) is 12.4.